The molecule has 19 heavy (non-hydrogen) atoms. The number of aromatic nitrogens is 4. The highest BCUT2D eigenvalue weighted by molar-refractivity contribution is 5.68. The van der Waals surface area contributed by atoms with Crippen molar-refractivity contribution in [2.75, 3.05) is 0 Å². The molecule has 0 saturated heterocycles. The Bertz CT molecular complexity index is 586. The minimum absolute atomic E-state index is 0.0109. The largest absolute Gasteiger partial charge is 0.481 e. The van der Waals surface area contributed by atoms with Crippen molar-refractivity contribution < 1.29 is 9.90 Å². The smallest absolute Gasteiger partial charge is 0.305 e. The Morgan fingerprint density at radius 1 is 1.37 bits per heavy atom. The summed E-state index contributed by atoms with van der Waals surface area (Å²) in [7, 11) is 0. The van der Waals surface area contributed by atoms with Crippen LogP contribution < -0.4 is 0 Å². The zero-order valence-corrected chi connectivity index (χ0v) is 11.2. The van der Waals surface area contributed by atoms with Crippen LogP contribution in [-0.4, -0.2) is 31.3 Å². The molecule has 0 spiro atoms. The molecule has 0 aliphatic heterocycles. The molecule has 6 heteroatoms. The molecule has 1 aromatic carbocycles. The summed E-state index contributed by atoms with van der Waals surface area (Å²) < 4.78 is 1.57. The molecule has 0 saturated carbocycles. The first-order valence-corrected chi connectivity index (χ1v) is 6.07. The van der Waals surface area contributed by atoms with Crippen LogP contribution in [0.4, 0.5) is 0 Å². The number of hydrogen-bond acceptors (Lipinski definition) is 4. The number of nitrogens with zero attached hydrogens (tertiary/aromatic N) is 4. The lowest BCUT2D eigenvalue weighted by molar-refractivity contribution is -0.137. The standard InChI is InChI=1S/C13H16N4O2/c1-8-5-4-6-9(2)12(8)13-14-15-16-17(13)10(3)7-11(18)19/h4-6,10H,7H2,1-3H3,(H,18,19). The zero-order chi connectivity index (χ0) is 14.0. The second-order valence-corrected chi connectivity index (χ2v) is 4.66. The Morgan fingerprint density at radius 3 is 2.58 bits per heavy atom. The molecule has 0 bridgehead atoms. The van der Waals surface area contributed by atoms with E-state index in [2.05, 4.69) is 15.5 Å². The van der Waals surface area contributed by atoms with Gasteiger partial charge in [0.2, 0.25) is 0 Å². The number of benzene rings is 1. The molecule has 2 rings (SSSR count). The summed E-state index contributed by atoms with van der Waals surface area (Å²) in [5, 5.41) is 20.5. The maximum absolute atomic E-state index is 10.8. The summed E-state index contributed by atoms with van der Waals surface area (Å²) in [5.41, 5.74) is 3.10. The van der Waals surface area contributed by atoms with Gasteiger partial charge in [-0.3, -0.25) is 4.79 Å². The maximum Gasteiger partial charge on any atom is 0.305 e. The second-order valence-electron chi connectivity index (χ2n) is 4.66. The molecule has 0 aliphatic carbocycles. The van der Waals surface area contributed by atoms with Crippen LogP contribution in [0.3, 0.4) is 0 Å². The Kier molecular flexibility index (Phi) is 3.59. The van der Waals surface area contributed by atoms with E-state index in [4.69, 9.17) is 5.11 Å². The molecule has 0 aliphatic rings. The minimum Gasteiger partial charge on any atom is -0.481 e. The fraction of sp³-hybridized carbons (Fsp3) is 0.385. The van der Waals surface area contributed by atoms with Crippen LogP contribution in [0.25, 0.3) is 11.4 Å². The van der Waals surface area contributed by atoms with Gasteiger partial charge in [-0.05, 0) is 42.3 Å². The van der Waals surface area contributed by atoms with Gasteiger partial charge in [-0.1, -0.05) is 18.2 Å². The number of aliphatic carboxylic acids is 1. The normalized spacial score (nSPS) is 12.4. The van der Waals surface area contributed by atoms with Gasteiger partial charge in [-0.15, -0.1) is 5.10 Å². The topological polar surface area (TPSA) is 80.9 Å². The molecular formula is C13H16N4O2. The molecule has 1 atom stereocenters. The van der Waals surface area contributed by atoms with Crippen LogP contribution in [0.1, 0.15) is 30.5 Å². The van der Waals surface area contributed by atoms with E-state index in [-0.39, 0.29) is 12.5 Å². The number of aryl methyl sites for hydroxylation is 2. The van der Waals surface area contributed by atoms with E-state index >= 15 is 0 Å². The summed E-state index contributed by atoms with van der Waals surface area (Å²) in [6, 6.07) is 5.66. The van der Waals surface area contributed by atoms with Crippen molar-refractivity contribution in [1.82, 2.24) is 20.2 Å². The summed E-state index contributed by atoms with van der Waals surface area (Å²) in [6.45, 7) is 5.77. The highest BCUT2D eigenvalue weighted by Crippen LogP contribution is 2.26. The number of carboxylic acid groups (broad SMARTS) is 1. The fourth-order valence-electron chi connectivity index (χ4n) is 2.16. The van der Waals surface area contributed by atoms with Gasteiger partial charge in [0.15, 0.2) is 5.82 Å². The molecule has 1 N–H and O–H groups in total. The molecule has 0 amide bonds. The minimum atomic E-state index is -0.865. The van der Waals surface area contributed by atoms with Gasteiger partial charge in [0, 0.05) is 5.56 Å². The first-order chi connectivity index (χ1) is 9.00. The summed E-state index contributed by atoms with van der Waals surface area (Å²) in [4.78, 5) is 10.8. The Labute approximate surface area is 111 Å². The van der Waals surface area contributed by atoms with Crippen molar-refractivity contribution in [3.8, 4) is 11.4 Å². The van der Waals surface area contributed by atoms with E-state index in [1.807, 2.05) is 32.0 Å². The third kappa shape index (κ3) is 2.62. The van der Waals surface area contributed by atoms with E-state index in [0.717, 1.165) is 16.7 Å². The van der Waals surface area contributed by atoms with Crippen LogP contribution in [0.15, 0.2) is 18.2 Å². The van der Waals surface area contributed by atoms with Gasteiger partial charge in [0.05, 0.1) is 12.5 Å². The third-order valence-electron chi connectivity index (χ3n) is 3.09. The van der Waals surface area contributed by atoms with Crippen LogP contribution in [0.2, 0.25) is 0 Å². The SMILES string of the molecule is Cc1cccc(C)c1-c1nnnn1C(C)CC(=O)O. The van der Waals surface area contributed by atoms with E-state index in [0.29, 0.717) is 5.82 Å². The van der Waals surface area contributed by atoms with E-state index in [9.17, 15) is 4.79 Å². The first-order valence-electron chi connectivity index (χ1n) is 6.07. The average Bonchev–Trinajstić information content (AvgIpc) is 2.76. The Balaban J connectivity index is 2.47. The summed E-state index contributed by atoms with van der Waals surface area (Å²) in [5.74, 6) is -0.250. The molecule has 100 valence electrons. The number of carboxylic acids is 1. The van der Waals surface area contributed by atoms with Gasteiger partial charge in [0.25, 0.3) is 0 Å². The predicted octanol–water partition coefficient (Wildman–Crippen LogP) is 1.99. The molecule has 0 fully saturated rings. The lowest BCUT2D eigenvalue weighted by Gasteiger charge is -2.13. The van der Waals surface area contributed by atoms with Gasteiger partial charge in [-0.2, -0.15) is 0 Å². The molecular weight excluding hydrogens is 244 g/mol. The van der Waals surface area contributed by atoms with Crippen molar-refractivity contribution in [1.29, 1.82) is 0 Å². The quantitative estimate of drug-likeness (QED) is 0.909. The van der Waals surface area contributed by atoms with Crippen LogP contribution in [0.5, 0.6) is 0 Å². The number of carbonyl (C=O) groups is 1. The third-order valence-corrected chi connectivity index (χ3v) is 3.09. The number of hydrogen-bond donors (Lipinski definition) is 1. The van der Waals surface area contributed by atoms with Gasteiger partial charge >= 0.3 is 5.97 Å². The Morgan fingerprint density at radius 2 is 2.00 bits per heavy atom. The van der Waals surface area contributed by atoms with Gasteiger partial charge in [0.1, 0.15) is 0 Å². The van der Waals surface area contributed by atoms with Crippen molar-refractivity contribution in [2.24, 2.45) is 0 Å². The predicted molar refractivity (Wildman–Crippen MR) is 69.7 cm³/mol. The number of tetrazole rings is 1. The maximum atomic E-state index is 10.8. The molecule has 1 aromatic heterocycles. The van der Waals surface area contributed by atoms with Crippen LogP contribution in [0, 0.1) is 13.8 Å². The van der Waals surface area contributed by atoms with Crippen molar-refractivity contribution in [2.45, 2.75) is 33.2 Å². The highest BCUT2D eigenvalue weighted by Gasteiger charge is 2.19. The highest BCUT2D eigenvalue weighted by atomic mass is 16.4. The molecule has 0 radical (unpaired) electrons. The second kappa shape index (κ2) is 5.17. The lowest BCUT2D eigenvalue weighted by Crippen LogP contribution is -2.14. The summed E-state index contributed by atoms with van der Waals surface area (Å²) >= 11 is 0. The van der Waals surface area contributed by atoms with Gasteiger partial charge < -0.3 is 5.11 Å². The Hall–Kier alpha value is -2.24. The first kappa shape index (κ1) is 13.2. The lowest BCUT2D eigenvalue weighted by atomic mass is 10.0. The molecule has 1 unspecified atom stereocenters. The fourth-order valence-corrected chi connectivity index (χ4v) is 2.16. The molecule has 2 aromatic rings. The van der Waals surface area contributed by atoms with Crippen molar-refractivity contribution >= 4 is 5.97 Å². The zero-order valence-electron chi connectivity index (χ0n) is 11.2. The summed E-state index contributed by atoms with van der Waals surface area (Å²) in [6.07, 6.45) is -0.0109. The average molecular weight is 260 g/mol. The van der Waals surface area contributed by atoms with E-state index in [1.54, 1.807) is 11.6 Å². The van der Waals surface area contributed by atoms with Crippen LogP contribution in [-0.2, 0) is 4.79 Å². The van der Waals surface area contributed by atoms with Crippen LogP contribution >= 0.6 is 0 Å². The number of rotatable bonds is 4. The van der Waals surface area contributed by atoms with Crippen molar-refractivity contribution in [3.05, 3.63) is 29.3 Å². The van der Waals surface area contributed by atoms with Gasteiger partial charge in [-0.25, -0.2) is 4.68 Å². The monoisotopic (exact) mass is 260 g/mol. The van der Waals surface area contributed by atoms with E-state index < -0.39 is 5.97 Å². The molecule has 1 heterocycles. The van der Waals surface area contributed by atoms with E-state index in [1.165, 1.54) is 0 Å². The molecule has 6 nitrogen and oxygen atoms in total. The van der Waals surface area contributed by atoms with Crippen molar-refractivity contribution in [3.63, 3.8) is 0 Å².